The van der Waals surface area contributed by atoms with Crippen molar-refractivity contribution < 1.29 is 48.6 Å². The topological polar surface area (TPSA) is 275 Å². The monoisotopic (exact) mass is 1590 g/mol. The van der Waals surface area contributed by atoms with Gasteiger partial charge in [-0.05, 0) is 181 Å². The second-order valence-electron chi connectivity index (χ2n) is 31.0. The Bertz CT molecular complexity index is 5990. The molecule has 4 aliphatic heterocycles. The first-order valence-electron chi connectivity index (χ1n) is 40.3. The normalized spacial score (nSPS) is 13.6. The van der Waals surface area contributed by atoms with Crippen molar-refractivity contribution in [1.29, 1.82) is 0 Å². The number of pyridine rings is 6. The average Bonchev–Trinajstić information content (AvgIpc) is 1.61. The Morgan fingerprint density at radius 1 is 0.500 bits per heavy atom. The van der Waals surface area contributed by atoms with Crippen molar-refractivity contribution in [2.75, 3.05) is 5.23 Å². The third-order valence-corrected chi connectivity index (χ3v) is 21.6. The van der Waals surface area contributed by atoms with Gasteiger partial charge in [0.25, 0.3) is 22.2 Å². The number of aliphatic hydroxyl groups excluding tert-OH is 2. The summed E-state index contributed by atoms with van der Waals surface area (Å²) in [5, 5.41) is 34.8. The number of Topliss-reactive ketones (excluding diaryl/α,β-unsaturated/α-hetero) is 1. The lowest BCUT2D eigenvalue weighted by Crippen LogP contribution is -2.28. The van der Waals surface area contributed by atoms with E-state index in [2.05, 4.69) is 48.5 Å². The molecule has 16 rings (SSSR count). The summed E-state index contributed by atoms with van der Waals surface area (Å²) in [6.07, 6.45) is 2.75. The third-order valence-electron chi connectivity index (χ3n) is 21.6. The van der Waals surface area contributed by atoms with Crippen LogP contribution >= 0.6 is 0 Å². The first-order chi connectivity index (χ1) is 56.7. The molecule has 4 aliphatic rings. The van der Waals surface area contributed by atoms with Crippen LogP contribution in [0.5, 0.6) is 0 Å². The zero-order chi connectivity index (χ0) is 84.2. The van der Waals surface area contributed by atoms with Gasteiger partial charge < -0.3 is 57.7 Å². The number of benzene rings is 6. The maximum atomic E-state index is 13.2. The molecule has 4 N–H and O–H groups in total. The Kier molecular flexibility index (Phi) is 27.4. The molecule has 0 fully saturated rings. The van der Waals surface area contributed by atoms with Gasteiger partial charge in [0, 0.05) is 68.4 Å². The lowest BCUT2D eigenvalue weighted by molar-refractivity contribution is -0.150. The minimum absolute atomic E-state index is 0.00228. The van der Waals surface area contributed by atoms with Gasteiger partial charge in [-0.2, -0.15) is 0 Å². The molecule has 0 amide bonds. The van der Waals surface area contributed by atoms with Crippen LogP contribution in [-0.4, -0.2) is 74.2 Å². The summed E-state index contributed by atoms with van der Waals surface area (Å²) in [5.41, 5.74) is 17.8. The molecule has 608 valence electrons. The molecular formula is C96H102BN7O14. The first-order valence-corrected chi connectivity index (χ1v) is 40.3. The zero-order valence-corrected chi connectivity index (χ0v) is 69.0. The number of rotatable bonds is 21. The number of para-hydroxylation sites is 3. The number of hydrogen-bond donors (Lipinski definition) is 4. The number of esters is 1. The highest BCUT2D eigenvalue weighted by molar-refractivity contribution is 6.53. The SMILES string of the molecule is CB(O)Nc1ccccc1C=O.CCC(O)c1cc2n(c(=O)c1C)Cc1cc3ccccc3nc1-2.CCC(OCc1ccccc1)c1cc2n(c(=O)c1C)CC(C(=O)OC(C)(C)C)=C2O.CCC(OCc1ccccc1)c1cc2n(c(=O)c1C)CCC2=O.CCC(OCc1ccccc1)c1cc2n(c(=O)c1C)Cc1cc3ccccc3nc1-2. The van der Waals surface area contributed by atoms with Gasteiger partial charge in [0.2, 0.25) is 0 Å². The highest BCUT2D eigenvalue weighted by Gasteiger charge is 2.34. The van der Waals surface area contributed by atoms with Gasteiger partial charge in [-0.25, -0.2) is 14.8 Å². The minimum atomic E-state index is -0.691. The van der Waals surface area contributed by atoms with Crippen LogP contribution in [0.15, 0.2) is 225 Å². The summed E-state index contributed by atoms with van der Waals surface area (Å²) in [6.45, 7) is 25.2. The molecular weight excluding hydrogens is 1490 g/mol. The van der Waals surface area contributed by atoms with Crippen molar-refractivity contribution in [3.05, 3.63) is 336 Å². The Balaban J connectivity index is 0.000000139. The molecule has 6 aromatic carbocycles. The fraction of sp³-hybridized carbons (Fsp3) is 0.302. The number of carbonyl (C=O) groups excluding carboxylic acids is 3. The van der Waals surface area contributed by atoms with Crippen LogP contribution in [0.4, 0.5) is 5.69 Å². The summed E-state index contributed by atoms with van der Waals surface area (Å²) in [4.78, 5) is 96.0. The predicted molar refractivity (Wildman–Crippen MR) is 463 cm³/mol. The summed E-state index contributed by atoms with van der Waals surface area (Å²) in [7, 11) is -0.647. The van der Waals surface area contributed by atoms with Gasteiger partial charge in [0.05, 0.1) is 109 Å². The predicted octanol–water partition coefficient (Wildman–Crippen LogP) is 17.5. The van der Waals surface area contributed by atoms with Crippen LogP contribution in [0, 0.1) is 27.7 Å². The second kappa shape index (κ2) is 37.9. The van der Waals surface area contributed by atoms with Crippen LogP contribution in [0.2, 0.25) is 6.82 Å². The molecule has 12 aromatic rings. The Morgan fingerprint density at radius 3 is 1.31 bits per heavy atom. The van der Waals surface area contributed by atoms with Gasteiger partial charge in [0.1, 0.15) is 11.2 Å². The number of fused-ring (bicyclic) bond motifs is 10. The molecule has 22 heteroatoms. The minimum Gasteiger partial charge on any atom is -0.505 e. The number of ketones is 1. The third kappa shape index (κ3) is 19.1. The average molecular weight is 1590 g/mol. The Labute approximate surface area is 687 Å². The fourth-order valence-corrected chi connectivity index (χ4v) is 15.3. The van der Waals surface area contributed by atoms with Crippen molar-refractivity contribution in [2.24, 2.45) is 0 Å². The van der Waals surface area contributed by atoms with E-state index in [4.69, 9.17) is 33.9 Å². The molecule has 10 heterocycles. The molecule has 0 radical (unpaired) electrons. The number of aliphatic hydroxyl groups is 2. The molecule has 0 spiro atoms. The van der Waals surface area contributed by atoms with Crippen LogP contribution < -0.4 is 27.5 Å². The van der Waals surface area contributed by atoms with Gasteiger partial charge in [-0.3, -0.25) is 28.8 Å². The molecule has 0 aliphatic carbocycles. The van der Waals surface area contributed by atoms with Crippen molar-refractivity contribution in [3.63, 3.8) is 0 Å². The largest absolute Gasteiger partial charge is 0.505 e. The lowest BCUT2D eigenvalue weighted by Gasteiger charge is -2.20. The van der Waals surface area contributed by atoms with Gasteiger partial charge >= 0.3 is 13.0 Å². The van der Waals surface area contributed by atoms with Crippen molar-refractivity contribution >= 4 is 58.3 Å². The van der Waals surface area contributed by atoms with Gasteiger partial charge in [-0.1, -0.05) is 167 Å². The molecule has 0 bridgehead atoms. The van der Waals surface area contributed by atoms with Crippen molar-refractivity contribution in [2.45, 2.75) is 191 Å². The van der Waals surface area contributed by atoms with Crippen molar-refractivity contribution in [3.8, 4) is 22.8 Å². The molecule has 6 aromatic heterocycles. The maximum absolute atomic E-state index is 13.2. The van der Waals surface area contributed by atoms with Gasteiger partial charge in [-0.15, -0.1) is 0 Å². The zero-order valence-electron chi connectivity index (χ0n) is 69.0. The highest BCUT2D eigenvalue weighted by atomic mass is 16.6. The molecule has 21 nitrogen and oxygen atoms in total. The van der Waals surface area contributed by atoms with E-state index in [0.717, 1.165) is 114 Å². The fourth-order valence-electron chi connectivity index (χ4n) is 15.3. The smallest absolute Gasteiger partial charge is 0.406 e. The van der Waals surface area contributed by atoms with Crippen LogP contribution in [0.25, 0.3) is 50.3 Å². The first kappa shape index (κ1) is 85.3. The second-order valence-corrected chi connectivity index (χ2v) is 31.0. The molecule has 0 saturated carbocycles. The summed E-state index contributed by atoms with van der Waals surface area (Å²) in [5.74, 6) is -0.781. The Hall–Kier alpha value is -12.0. The van der Waals surface area contributed by atoms with Gasteiger partial charge in [0.15, 0.2) is 17.8 Å². The van der Waals surface area contributed by atoms with E-state index < -0.39 is 24.7 Å². The van der Waals surface area contributed by atoms with E-state index in [1.54, 1.807) is 80.9 Å². The maximum Gasteiger partial charge on any atom is 0.406 e. The molecule has 4 unspecified atom stereocenters. The molecule has 0 saturated heterocycles. The van der Waals surface area contributed by atoms with Crippen LogP contribution in [-0.2, 0) is 69.7 Å². The van der Waals surface area contributed by atoms with E-state index in [-0.39, 0.29) is 64.2 Å². The Morgan fingerprint density at radius 2 is 0.881 bits per heavy atom. The van der Waals surface area contributed by atoms with Crippen molar-refractivity contribution in [1.82, 2.24) is 28.2 Å². The van der Waals surface area contributed by atoms with E-state index in [0.29, 0.717) is 104 Å². The quantitative estimate of drug-likeness (QED) is 0.0296. The number of hydrogen-bond acceptors (Lipinski definition) is 17. The number of aromatic nitrogens is 6. The summed E-state index contributed by atoms with van der Waals surface area (Å²) in [6, 6.07) is 64.9. The standard InChI is InChI=1S/C26H24N2O2.C24H29NO5.C19H18N2O2.C19H21NO3.C8H10BNO2/c1-3-24(30-16-18-9-5-4-6-10-18)21-14-23-25-20(15-28(23)26(29)17(21)2)13-19-11-7-8-12-22(19)27-25;1-6-20(29-14-16-10-8-7-9-11-16)17-12-19-21(26)18(23(28)30-24(3,4)5)13-25(19)22(27)15(17)2;1-3-17(22)14-9-16-18-13(10-21(16)19(23)11(14)2)8-12-6-4-5-7-15(12)20-18;1-3-18(23-12-14-7-5-4-6-8-14)15-11-16-17(21)9-10-20(16)19(22)13(15)2;1-9(12)10-8-5-3-2-4-7(8)6-11/h4-14,24H,3,15-16H2,1-2H3;7-12,20,26H,6,13-14H2,1-5H3;4-9,17,22H,3,10H2,1-2H3;4-8,11,18H,3,9-10,12H2,1-2H3;2-6,10,12H,1H3. The number of nitrogens with one attached hydrogen (secondary N) is 1. The number of ether oxygens (including phenoxy) is 4. The van der Waals surface area contributed by atoms with E-state index in [9.17, 15) is 43.8 Å². The number of carbonyl (C=O) groups is 3. The highest BCUT2D eigenvalue weighted by Crippen LogP contribution is 2.38. The summed E-state index contributed by atoms with van der Waals surface area (Å²) < 4.78 is 30.4. The summed E-state index contributed by atoms with van der Waals surface area (Å²) >= 11 is 0. The lowest BCUT2D eigenvalue weighted by atomic mass is 9.88. The number of anilines is 1. The molecule has 118 heavy (non-hydrogen) atoms. The van der Waals surface area contributed by atoms with E-state index >= 15 is 0 Å². The number of nitrogens with zero attached hydrogens (tertiary/aromatic N) is 6. The van der Waals surface area contributed by atoms with Crippen LogP contribution in [0.3, 0.4) is 0 Å². The van der Waals surface area contributed by atoms with E-state index in [1.165, 1.54) is 4.57 Å². The molecule has 4 atom stereocenters. The van der Waals surface area contributed by atoms with E-state index in [1.807, 2.05) is 173 Å². The van der Waals surface area contributed by atoms with Crippen LogP contribution in [0.1, 0.15) is 204 Å². The number of aldehydes is 1.